The number of hydrogen-bond acceptors (Lipinski definition) is 2. The summed E-state index contributed by atoms with van der Waals surface area (Å²) in [5.41, 5.74) is 0.889. The zero-order valence-corrected chi connectivity index (χ0v) is 15.8. The van der Waals surface area contributed by atoms with Gasteiger partial charge in [0, 0.05) is 12.5 Å². The SMILES string of the molecule is [C-]#[N+]C(C(=O)[C@H]1CN(CC(F)F)C(=O)[C@@H]1Cc1ccccc1)=S1CCCC1. The van der Waals surface area contributed by atoms with Crippen LogP contribution >= 0.6 is 10.5 Å². The molecule has 2 saturated heterocycles. The third kappa shape index (κ3) is 4.44. The number of ketones is 1. The third-order valence-electron chi connectivity index (χ3n) is 5.14. The Morgan fingerprint density at radius 2 is 1.93 bits per heavy atom. The van der Waals surface area contributed by atoms with Gasteiger partial charge in [0.05, 0.1) is 19.0 Å². The quantitative estimate of drug-likeness (QED) is 0.551. The van der Waals surface area contributed by atoms with E-state index in [-0.39, 0.29) is 27.8 Å². The zero-order valence-electron chi connectivity index (χ0n) is 14.9. The van der Waals surface area contributed by atoms with Crippen LogP contribution in [0.15, 0.2) is 30.3 Å². The molecule has 1 amide bonds. The van der Waals surface area contributed by atoms with Crippen molar-refractivity contribution >= 4 is 27.2 Å². The normalized spacial score (nSPS) is 23.0. The van der Waals surface area contributed by atoms with Gasteiger partial charge in [0.15, 0.2) is 5.78 Å². The van der Waals surface area contributed by atoms with Gasteiger partial charge in [-0.05, 0) is 36.3 Å². The highest BCUT2D eigenvalue weighted by Gasteiger charge is 2.45. The Balaban J connectivity index is 1.89. The van der Waals surface area contributed by atoms with Gasteiger partial charge >= 0.3 is 0 Å². The van der Waals surface area contributed by atoms with Gasteiger partial charge in [-0.3, -0.25) is 4.79 Å². The summed E-state index contributed by atoms with van der Waals surface area (Å²) in [5.74, 6) is -0.421. The maximum atomic E-state index is 13.1. The van der Waals surface area contributed by atoms with Crippen molar-refractivity contribution in [3.8, 4) is 0 Å². The largest absolute Gasteiger partial charge is 0.336 e. The molecule has 0 radical (unpaired) electrons. The molecule has 0 saturated carbocycles. The van der Waals surface area contributed by atoms with E-state index in [1.807, 2.05) is 30.3 Å². The maximum Gasteiger partial charge on any atom is 0.255 e. The van der Waals surface area contributed by atoms with Crippen LogP contribution in [0, 0.1) is 18.4 Å². The number of alkyl halides is 2. The first-order valence-corrected chi connectivity index (χ1v) is 10.6. The molecule has 1 aromatic rings. The van der Waals surface area contributed by atoms with Crippen molar-refractivity contribution < 1.29 is 18.4 Å². The number of halogens is 2. The number of Topliss-reactive ketones (excluding diaryl/α,β-unsaturated/α-hetero) is 1. The number of likely N-dealkylation sites (tertiary alicyclic amines) is 1. The lowest BCUT2D eigenvalue weighted by Crippen LogP contribution is -2.32. The highest BCUT2D eigenvalue weighted by molar-refractivity contribution is 8.17. The smallest absolute Gasteiger partial charge is 0.255 e. The minimum atomic E-state index is -2.64. The number of carbonyl (C=O) groups is 2. The van der Waals surface area contributed by atoms with Crippen LogP contribution in [-0.2, 0) is 16.0 Å². The van der Waals surface area contributed by atoms with E-state index >= 15 is 0 Å². The lowest BCUT2D eigenvalue weighted by atomic mass is 9.86. The van der Waals surface area contributed by atoms with Crippen LogP contribution in [0.5, 0.6) is 0 Å². The first-order chi connectivity index (χ1) is 13.0. The fourth-order valence-electron chi connectivity index (χ4n) is 3.82. The van der Waals surface area contributed by atoms with E-state index < -0.39 is 30.7 Å². The first kappa shape index (κ1) is 19.7. The summed E-state index contributed by atoms with van der Waals surface area (Å²) in [6.07, 6.45) is -0.302. The molecule has 0 bridgehead atoms. The number of rotatable bonds is 6. The molecule has 2 aliphatic rings. The molecule has 0 spiro atoms. The van der Waals surface area contributed by atoms with Crippen molar-refractivity contribution in [2.75, 3.05) is 24.6 Å². The summed E-state index contributed by atoms with van der Waals surface area (Å²) in [6.45, 7) is 6.80. The second-order valence-electron chi connectivity index (χ2n) is 6.93. The summed E-state index contributed by atoms with van der Waals surface area (Å²) in [7, 11) is -0.351. The molecule has 0 aliphatic carbocycles. The van der Waals surface area contributed by atoms with Crippen molar-refractivity contribution in [3.05, 3.63) is 47.3 Å². The Morgan fingerprint density at radius 1 is 1.26 bits per heavy atom. The van der Waals surface area contributed by atoms with Gasteiger partial charge in [-0.25, -0.2) is 13.6 Å². The molecule has 3 rings (SSSR count). The molecule has 2 aliphatic heterocycles. The summed E-state index contributed by atoms with van der Waals surface area (Å²) in [4.78, 5) is 30.7. The summed E-state index contributed by atoms with van der Waals surface area (Å²) in [6, 6.07) is 9.28. The highest BCUT2D eigenvalue weighted by Crippen LogP contribution is 2.34. The lowest BCUT2D eigenvalue weighted by molar-refractivity contribution is -0.133. The van der Waals surface area contributed by atoms with E-state index in [4.69, 9.17) is 6.57 Å². The van der Waals surface area contributed by atoms with E-state index in [1.54, 1.807) is 0 Å². The van der Waals surface area contributed by atoms with E-state index in [1.165, 1.54) is 0 Å². The van der Waals surface area contributed by atoms with Crippen LogP contribution in [0.1, 0.15) is 18.4 Å². The highest BCUT2D eigenvalue weighted by atomic mass is 32.2. The van der Waals surface area contributed by atoms with Crippen LogP contribution in [0.25, 0.3) is 4.85 Å². The molecule has 0 N–H and O–H groups in total. The maximum absolute atomic E-state index is 13.1. The van der Waals surface area contributed by atoms with Gasteiger partial charge in [0.1, 0.15) is 0 Å². The van der Waals surface area contributed by atoms with E-state index in [0.29, 0.717) is 6.42 Å². The molecule has 2 heterocycles. The topological polar surface area (TPSA) is 41.7 Å². The van der Waals surface area contributed by atoms with Crippen LogP contribution in [0.3, 0.4) is 0 Å². The number of hydrogen-bond donors (Lipinski definition) is 0. The van der Waals surface area contributed by atoms with Gasteiger partial charge in [-0.1, -0.05) is 30.3 Å². The van der Waals surface area contributed by atoms with Crippen LogP contribution in [-0.4, -0.2) is 52.6 Å². The summed E-state index contributed by atoms with van der Waals surface area (Å²) >= 11 is 0. The molecule has 27 heavy (non-hydrogen) atoms. The van der Waals surface area contributed by atoms with Crippen molar-refractivity contribution in [1.82, 2.24) is 4.90 Å². The first-order valence-electron chi connectivity index (χ1n) is 9.08. The third-order valence-corrected chi connectivity index (χ3v) is 7.54. The van der Waals surface area contributed by atoms with E-state index in [2.05, 4.69) is 4.85 Å². The number of amides is 1. The molecular formula is C20H22F2N2O2S. The molecule has 144 valence electrons. The van der Waals surface area contributed by atoms with Crippen molar-refractivity contribution in [3.63, 3.8) is 0 Å². The van der Waals surface area contributed by atoms with Gasteiger partial charge in [0.25, 0.3) is 11.4 Å². The Labute approximate surface area is 160 Å². The molecule has 0 aromatic heterocycles. The minimum absolute atomic E-state index is 0.0181. The molecular weight excluding hydrogens is 370 g/mol. The predicted molar refractivity (Wildman–Crippen MR) is 103 cm³/mol. The Morgan fingerprint density at radius 3 is 2.52 bits per heavy atom. The van der Waals surface area contributed by atoms with Crippen LogP contribution in [0.2, 0.25) is 0 Å². The summed E-state index contributed by atoms with van der Waals surface area (Å²) < 4.78 is 25.8. The molecule has 2 atom stereocenters. The van der Waals surface area contributed by atoms with E-state index in [9.17, 15) is 18.4 Å². The minimum Gasteiger partial charge on any atom is -0.336 e. The van der Waals surface area contributed by atoms with Crippen molar-refractivity contribution in [1.29, 1.82) is 0 Å². The Bertz CT molecular complexity index is 781. The van der Waals surface area contributed by atoms with Crippen LogP contribution < -0.4 is 0 Å². The summed E-state index contributed by atoms with van der Waals surface area (Å²) in [5, 5.41) is 0. The van der Waals surface area contributed by atoms with Crippen LogP contribution in [0.4, 0.5) is 8.78 Å². The second-order valence-corrected chi connectivity index (χ2v) is 9.12. The molecule has 2 fully saturated rings. The Hall–Kier alpha value is -2.07. The molecule has 0 unspecified atom stereocenters. The molecule has 4 nitrogen and oxygen atoms in total. The zero-order chi connectivity index (χ0) is 19.4. The van der Waals surface area contributed by atoms with Gasteiger partial charge in [-0.2, -0.15) is 10.5 Å². The van der Waals surface area contributed by atoms with E-state index in [0.717, 1.165) is 34.8 Å². The van der Waals surface area contributed by atoms with Gasteiger partial charge < -0.3 is 9.69 Å². The van der Waals surface area contributed by atoms with Crippen molar-refractivity contribution in [2.24, 2.45) is 11.8 Å². The number of benzene rings is 1. The second kappa shape index (κ2) is 8.75. The molecule has 1 aromatic carbocycles. The number of carbonyl (C=O) groups excluding carboxylic acids is 2. The van der Waals surface area contributed by atoms with Gasteiger partial charge in [-0.15, -0.1) is 0 Å². The Kier molecular flexibility index (Phi) is 6.38. The monoisotopic (exact) mass is 392 g/mol. The average molecular weight is 392 g/mol. The number of nitrogens with zero attached hydrogens (tertiary/aromatic N) is 2. The standard InChI is InChI=1S/C20H22F2N2O2S/c1-23-19(27-9-5-6-10-27)18(25)16-12-24(13-17(21)22)20(26)15(16)11-14-7-3-2-4-8-14/h2-4,7-8,15-17H,5-6,9-13H2/t15-,16+/m1/s1. The van der Waals surface area contributed by atoms with Gasteiger partial charge in [0.2, 0.25) is 5.91 Å². The molecule has 7 heteroatoms. The average Bonchev–Trinajstić information content (AvgIpc) is 3.27. The predicted octanol–water partition coefficient (Wildman–Crippen LogP) is 3.25. The fraction of sp³-hybridized carbons (Fsp3) is 0.500. The van der Waals surface area contributed by atoms with Crippen molar-refractivity contribution in [2.45, 2.75) is 25.7 Å². The fourth-order valence-corrected chi connectivity index (χ4v) is 6.09. The lowest BCUT2D eigenvalue weighted by Gasteiger charge is -2.16.